The Morgan fingerprint density at radius 1 is 0.929 bits per heavy atom. The van der Waals surface area contributed by atoms with Crippen LogP contribution in [0.15, 0.2) is 48.1 Å². The molecule has 2 N–H and O–H groups in total. The van der Waals surface area contributed by atoms with Crippen molar-refractivity contribution in [2.75, 3.05) is 19.7 Å². The minimum atomic E-state index is -4.62. The van der Waals surface area contributed by atoms with Gasteiger partial charge >= 0.3 is 12.1 Å². The van der Waals surface area contributed by atoms with E-state index >= 15 is 4.79 Å². The number of rotatable bonds is 7. The zero-order chi connectivity index (χ0) is 40.1. The van der Waals surface area contributed by atoms with Crippen LogP contribution < -0.4 is 0 Å². The van der Waals surface area contributed by atoms with Crippen molar-refractivity contribution in [3.05, 3.63) is 59.2 Å². The van der Waals surface area contributed by atoms with E-state index < -0.39 is 61.9 Å². The number of hydrogen-bond acceptors (Lipinski definition) is 7. The molecule has 1 amide bonds. The van der Waals surface area contributed by atoms with Crippen molar-refractivity contribution < 1.29 is 47.2 Å². The Hall–Kier alpha value is -3.02. The van der Waals surface area contributed by atoms with Gasteiger partial charge in [0.1, 0.15) is 0 Å². The zero-order valence-corrected chi connectivity index (χ0v) is 33.3. The fourth-order valence-corrected chi connectivity index (χ4v) is 14.1. The molecule has 2 spiro atoms. The summed E-state index contributed by atoms with van der Waals surface area (Å²) in [5.74, 6) is -1.44. The Labute approximate surface area is 327 Å². The van der Waals surface area contributed by atoms with Gasteiger partial charge < -0.3 is 24.6 Å². The molecule has 11 heteroatoms. The summed E-state index contributed by atoms with van der Waals surface area (Å²) in [5.41, 5.74) is -7.46. The van der Waals surface area contributed by atoms with Gasteiger partial charge in [-0.2, -0.15) is 13.2 Å². The summed E-state index contributed by atoms with van der Waals surface area (Å²) in [6.45, 7) is 10.9. The number of halogens is 3. The molecule has 56 heavy (non-hydrogen) atoms. The van der Waals surface area contributed by atoms with Gasteiger partial charge in [-0.15, -0.1) is 0 Å². The number of aliphatic hydroxyl groups is 2. The van der Waals surface area contributed by atoms with Crippen molar-refractivity contribution in [3.63, 3.8) is 0 Å². The van der Waals surface area contributed by atoms with E-state index in [2.05, 4.69) is 26.0 Å². The van der Waals surface area contributed by atoms with Crippen molar-refractivity contribution in [1.29, 1.82) is 0 Å². The van der Waals surface area contributed by atoms with E-state index in [4.69, 9.17) is 9.47 Å². The Kier molecular flexibility index (Phi) is 8.11. The molecule has 10 rings (SSSR count). The lowest BCUT2D eigenvalue weighted by Crippen LogP contribution is -2.68. The molecule has 1 aromatic carbocycles. The fraction of sp³-hybridized carbons (Fsp3) is 0.711. The van der Waals surface area contributed by atoms with Gasteiger partial charge in [0, 0.05) is 45.9 Å². The number of allylic oxidation sites excluding steroid dienone is 4. The van der Waals surface area contributed by atoms with E-state index in [1.54, 1.807) is 4.90 Å². The highest BCUT2D eigenvalue weighted by Gasteiger charge is 2.78. The van der Waals surface area contributed by atoms with Crippen LogP contribution >= 0.6 is 0 Å². The van der Waals surface area contributed by atoms with Gasteiger partial charge in [-0.25, -0.2) is 0 Å². The first kappa shape index (κ1) is 38.5. The number of nitrogens with zero attached hydrogens (tertiary/aromatic N) is 1. The number of ketones is 1. The monoisotopic (exact) mass is 779 g/mol. The topological polar surface area (TPSA) is 113 Å². The molecule has 11 atom stereocenters. The highest BCUT2D eigenvalue weighted by atomic mass is 19.4. The molecule has 4 saturated carbocycles. The molecule has 304 valence electrons. The molecular weight excluding hydrogens is 723 g/mol. The molecule has 2 saturated heterocycles. The number of fused-ring (bicyclic) bond motifs is 3. The van der Waals surface area contributed by atoms with Crippen LogP contribution in [0.3, 0.4) is 0 Å². The average molecular weight is 780 g/mol. The molecule has 2 aliphatic heterocycles. The molecule has 0 radical (unpaired) electrons. The van der Waals surface area contributed by atoms with Gasteiger partial charge in [-0.1, -0.05) is 58.1 Å². The third-order valence-corrected chi connectivity index (χ3v) is 18.0. The predicted octanol–water partition coefficient (Wildman–Crippen LogP) is 7.61. The Morgan fingerprint density at radius 3 is 2.30 bits per heavy atom. The van der Waals surface area contributed by atoms with Gasteiger partial charge in [-0.3, -0.25) is 14.4 Å². The molecule has 9 aliphatic rings. The number of hydrogen-bond donors (Lipinski definition) is 2. The van der Waals surface area contributed by atoms with E-state index in [1.807, 2.05) is 26.8 Å². The van der Waals surface area contributed by atoms with Crippen molar-refractivity contribution in [3.8, 4) is 0 Å². The summed E-state index contributed by atoms with van der Waals surface area (Å²) < 4.78 is 54.1. The summed E-state index contributed by atoms with van der Waals surface area (Å²) in [6.07, 6.45) is 7.42. The largest absolute Gasteiger partial charge is 0.448 e. The first-order valence-corrected chi connectivity index (χ1v) is 20.8. The molecule has 7 aliphatic carbocycles. The summed E-state index contributed by atoms with van der Waals surface area (Å²) in [7, 11) is 0. The maximum atomic E-state index is 15.1. The zero-order valence-electron chi connectivity index (χ0n) is 33.3. The van der Waals surface area contributed by atoms with Crippen LogP contribution in [0.4, 0.5) is 13.2 Å². The highest BCUT2D eigenvalue weighted by molar-refractivity contribution is 6.10. The van der Waals surface area contributed by atoms with Crippen LogP contribution in [0.2, 0.25) is 0 Å². The van der Waals surface area contributed by atoms with E-state index in [-0.39, 0.29) is 53.9 Å². The van der Waals surface area contributed by atoms with E-state index in [0.717, 1.165) is 31.4 Å². The van der Waals surface area contributed by atoms with Gasteiger partial charge in [0.25, 0.3) is 5.91 Å². The van der Waals surface area contributed by atoms with Crippen molar-refractivity contribution in [2.24, 2.45) is 44.3 Å². The molecule has 1 aromatic rings. The third kappa shape index (κ3) is 4.62. The second-order valence-corrected chi connectivity index (χ2v) is 20.2. The molecular formula is C45H56F3NO7. The normalized spacial score (nSPS) is 45.5. The number of Topliss-reactive ketones (excluding diaryl/α,β-unsaturated/α-hetero) is 1. The third-order valence-electron chi connectivity index (χ3n) is 18.0. The predicted molar refractivity (Wildman–Crippen MR) is 200 cm³/mol. The molecule has 0 aromatic heterocycles. The Morgan fingerprint density at radius 2 is 1.64 bits per heavy atom. The quantitative estimate of drug-likeness (QED) is 0.167. The molecule has 6 fully saturated rings. The Bertz CT molecular complexity index is 1950. The minimum absolute atomic E-state index is 0.00324. The number of benzene rings is 1. The molecule has 2 heterocycles. The van der Waals surface area contributed by atoms with Crippen molar-refractivity contribution in [2.45, 2.75) is 135 Å². The van der Waals surface area contributed by atoms with Crippen molar-refractivity contribution >= 4 is 17.7 Å². The van der Waals surface area contributed by atoms with Crippen molar-refractivity contribution in [1.82, 2.24) is 4.90 Å². The average Bonchev–Trinajstić information content (AvgIpc) is 3.84. The van der Waals surface area contributed by atoms with Crippen LogP contribution in [-0.2, 0) is 25.2 Å². The number of ether oxygens (including phenoxy) is 2. The van der Waals surface area contributed by atoms with Gasteiger partial charge in [0.05, 0.1) is 35.3 Å². The van der Waals surface area contributed by atoms with Gasteiger partial charge in [0.15, 0.2) is 11.4 Å². The first-order chi connectivity index (χ1) is 26.1. The molecule has 4 bridgehead atoms. The number of esters is 1. The second kappa shape index (κ2) is 11.8. The minimum Gasteiger partial charge on any atom is -0.448 e. The smallest absolute Gasteiger partial charge is 0.416 e. The first-order valence-electron chi connectivity index (χ1n) is 20.8. The standard InChI is InChI=1S/C45H56F3NO7/c1-37(2)40(5)17-20-44(37,56-36(40)53)35(52)49(25-30-10-7-21-55-30)26-42(54)16-13-33-39(42,4)15-12-32-38(3)14-11-29(50)23-41(38)18-19-43(32,33)31(24-41)34(51)27-8-6-9-28(22-27)45(46,47)48/h6,8-9,18-19,22,24,29-30,32-33,50,54H,7,10-17,20-21,23,25-26H2,1-5H3/t29?,30-,32-,33-,38-,39+,40+,41+,42-,43-,44-/m1/s1. The van der Waals surface area contributed by atoms with E-state index in [9.17, 15) is 33.0 Å². The lowest BCUT2D eigenvalue weighted by atomic mass is 9.32. The van der Waals surface area contributed by atoms with Crippen LogP contribution in [-0.4, -0.2) is 75.9 Å². The SMILES string of the molecule is CC1(C)[C@@]2(C)CC[C@]1(C(=O)N(C[C@H]1CCCO1)C[C@]1(O)CC[C@H]3[C@]45C=C[C@@]6(C=C4C(=O)c4cccc(C(F)(F)F)c4)CC(O)CC[C@]6(C)[C@H]5CC[C@@]31C)OC2=O. The molecule has 8 nitrogen and oxygen atoms in total. The number of amides is 1. The number of carbonyl (C=O) groups is 3. The maximum absolute atomic E-state index is 15.1. The maximum Gasteiger partial charge on any atom is 0.416 e. The van der Waals surface area contributed by atoms with Crippen LogP contribution in [0.25, 0.3) is 0 Å². The number of aliphatic hydroxyl groups excluding tert-OH is 1. The fourth-order valence-electron chi connectivity index (χ4n) is 14.1. The second-order valence-electron chi connectivity index (χ2n) is 20.2. The number of alkyl halides is 3. The van der Waals surface area contributed by atoms with Crippen LogP contribution in [0.1, 0.15) is 121 Å². The lowest BCUT2D eigenvalue weighted by Gasteiger charge is -2.71. The van der Waals surface area contributed by atoms with Gasteiger partial charge in [-0.05, 0) is 107 Å². The summed E-state index contributed by atoms with van der Waals surface area (Å²) in [6, 6.07) is 4.66. The summed E-state index contributed by atoms with van der Waals surface area (Å²) in [5, 5.41) is 24.3. The van der Waals surface area contributed by atoms with E-state index in [0.29, 0.717) is 63.5 Å². The van der Waals surface area contributed by atoms with E-state index in [1.165, 1.54) is 12.1 Å². The summed E-state index contributed by atoms with van der Waals surface area (Å²) in [4.78, 5) is 45.1. The van der Waals surface area contributed by atoms with Gasteiger partial charge in [0.2, 0.25) is 0 Å². The lowest BCUT2D eigenvalue weighted by molar-refractivity contribution is -0.188. The highest BCUT2D eigenvalue weighted by Crippen LogP contribution is 2.78. The molecule has 1 unspecified atom stereocenters. The number of carbonyl (C=O) groups excluding carboxylic acids is 3. The van der Waals surface area contributed by atoms with Crippen LogP contribution in [0, 0.1) is 44.3 Å². The van der Waals surface area contributed by atoms with Crippen LogP contribution in [0.5, 0.6) is 0 Å². The Balaban J connectivity index is 1.13. The summed E-state index contributed by atoms with van der Waals surface area (Å²) >= 11 is 0.